The average molecular weight is 264 g/mol. The Kier molecular flexibility index (Phi) is 6.67. The summed E-state index contributed by atoms with van der Waals surface area (Å²) in [4.78, 5) is 0. The summed E-state index contributed by atoms with van der Waals surface area (Å²) in [6.45, 7) is 0. The van der Waals surface area contributed by atoms with E-state index in [1.165, 1.54) is 49.7 Å². The molecule has 3 rings (SSSR count). The van der Waals surface area contributed by atoms with Gasteiger partial charge in [0, 0.05) is 0 Å². The zero-order valence-electron chi connectivity index (χ0n) is 12.2. The minimum atomic E-state index is 1.28. The minimum Gasteiger partial charge on any atom is -0.0885 e. The fourth-order valence-electron chi connectivity index (χ4n) is 2.37. The van der Waals surface area contributed by atoms with Crippen molar-refractivity contribution in [1.29, 1.82) is 0 Å². The second kappa shape index (κ2) is 9.14. The van der Waals surface area contributed by atoms with Gasteiger partial charge in [-0.2, -0.15) is 0 Å². The van der Waals surface area contributed by atoms with Crippen LogP contribution < -0.4 is 0 Å². The Morgan fingerprint density at radius 1 is 0.450 bits per heavy atom. The lowest BCUT2D eigenvalue weighted by Gasteiger charge is -2.00. The summed E-state index contributed by atoms with van der Waals surface area (Å²) >= 11 is 0. The molecule has 2 aromatic rings. The van der Waals surface area contributed by atoms with Crippen LogP contribution in [0.1, 0.15) is 38.5 Å². The van der Waals surface area contributed by atoms with Crippen molar-refractivity contribution in [3.8, 4) is 11.1 Å². The van der Waals surface area contributed by atoms with Crippen molar-refractivity contribution in [3.63, 3.8) is 0 Å². The van der Waals surface area contributed by atoms with Crippen molar-refractivity contribution < 1.29 is 0 Å². The average Bonchev–Trinajstić information content (AvgIpc) is 2.49. The second-order valence-electron chi connectivity index (χ2n) is 5.20. The molecule has 0 nitrogen and oxygen atoms in total. The molecule has 20 heavy (non-hydrogen) atoms. The van der Waals surface area contributed by atoms with Gasteiger partial charge in [0.25, 0.3) is 0 Å². The lowest BCUT2D eigenvalue weighted by atomic mass is 10.1. The van der Waals surface area contributed by atoms with E-state index in [1.807, 2.05) is 12.1 Å². The van der Waals surface area contributed by atoms with Gasteiger partial charge in [-0.25, -0.2) is 0 Å². The zero-order chi connectivity index (χ0) is 13.9. The molecule has 1 aliphatic carbocycles. The lowest BCUT2D eigenvalue weighted by Crippen LogP contribution is -1.80. The Morgan fingerprint density at radius 2 is 0.850 bits per heavy atom. The van der Waals surface area contributed by atoms with Crippen molar-refractivity contribution in [2.45, 2.75) is 38.5 Å². The first-order valence-corrected chi connectivity index (χ1v) is 7.72. The van der Waals surface area contributed by atoms with E-state index < -0.39 is 0 Å². The fourth-order valence-corrected chi connectivity index (χ4v) is 2.37. The molecule has 0 amide bonds. The van der Waals surface area contributed by atoms with E-state index in [0.29, 0.717) is 0 Å². The van der Waals surface area contributed by atoms with Crippen molar-refractivity contribution >= 4 is 0 Å². The van der Waals surface area contributed by atoms with Crippen LogP contribution in [0.4, 0.5) is 0 Å². The molecule has 0 bridgehead atoms. The molecule has 1 aliphatic rings. The predicted octanol–water partition coefficient (Wildman–Crippen LogP) is 6.25. The minimum absolute atomic E-state index is 1.28. The Labute approximate surface area is 123 Å². The van der Waals surface area contributed by atoms with Crippen molar-refractivity contribution in [2.75, 3.05) is 0 Å². The molecule has 0 heteroatoms. The van der Waals surface area contributed by atoms with E-state index in [2.05, 4.69) is 60.7 Å². The number of benzene rings is 2. The third-order valence-electron chi connectivity index (χ3n) is 3.54. The monoisotopic (exact) mass is 264 g/mol. The number of allylic oxidation sites excluding steroid dienone is 2. The summed E-state index contributed by atoms with van der Waals surface area (Å²) in [5, 5.41) is 0. The highest BCUT2D eigenvalue weighted by Crippen LogP contribution is 2.17. The summed E-state index contributed by atoms with van der Waals surface area (Å²) in [6.07, 6.45) is 13.0. The molecular formula is C20H24. The van der Waals surface area contributed by atoms with E-state index in [4.69, 9.17) is 0 Å². The number of hydrogen-bond acceptors (Lipinski definition) is 0. The Morgan fingerprint density at radius 3 is 1.25 bits per heavy atom. The molecule has 2 aromatic carbocycles. The van der Waals surface area contributed by atoms with Crippen LogP contribution in [0.25, 0.3) is 11.1 Å². The van der Waals surface area contributed by atoms with Gasteiger partial charge < -0.3 is 0 Å². The molecule has 0 aliphatic heterocycles. The molecule has 0 atom stereocenters. The van der Waals surface area contributed by atoms with Crippen LogP contribution in [-0.2, 0) is 0 Å². The third kappa shape index (κ3) is 5.44. The molecule has 0 fully saturated rings. The smallest absolute Gasteiger partial charge is 0.0184 e. The van der Waals surface area contributed by atoms with Gasteiger partial charge >= 0.3 is 0 Å². The molecule has 0 N–H and O–H groups in total. The molecular weight excluding hydrogens is 240 g/mol. The molecule has 0 saturated heterocycles. The summed E-state index contributed by atoms with van der Waals surface area (Å²) in [5.41, 5.74) is 2.55. The van der Waals surface area contributed by atoms with Gasteiger partial charge in [-0.05, 0) is 36.8 Å². The van der Waals surface area contributed by atoms with Gasteiger partial charge in [0.05, 0.1) is 0 Å². The van der Waals surface area contributed by atoms with Gasteiger partial charge in [-0.3, -0.25) is 0 Å². The lowest BCUT2D eigenvalue weighted by molar-refractivity contribution is 0.638. The van der Waals surface area contributed by atoms with Crippen molar-refractivity contribution in [1.82, 2.24) is 0 Å². The predicted molar refractivity (Wildman–Crippen MR) is 88.7 cm³/mol. The Balaban J connectivity index is 0.000000160. The molecule has 0 heterocycles. The third-order valence-corrected chi connectivity index (χ3v) is 3.54. The van der Waals surface area contributed by atoms with Crippen LogP contribution in [0.2, 0.25) is 0 Å². The van der Waals surface area contributed by atoms with Crippen LogP contribution in [0.15, 0.2) is 72.8 Å². The summed E-state index contributed by atoms with van der Waals surface area (Å²) in [6, 6.07) is 20.8. The molecule has 0 saturated carbocycles. The van der Waals surface area contributed by atoms with Crippen molar-refractivity contribution in [2.24, 2.45) is 0 Å². The summed E-state index contributed by atoms with van der Waals surface area (Å²) < 4.78 is 0. The van der Waals surface area contributed by atoms with E-state index in [-0.39, 0.29) is 0 Å². The van der Waals surface area contributed by atoms with E-state index in [1.54, 1.807) is 0 Å². The van der Waals surface area contributed by atoms with Crippen molar-refractivity contribution in [3.05, 3.63) is 72.8 Å². The molecule has 0 unspecified atom stereocenters. The largest absolute Gasteiger partial charge is 0.0885 e. The number of hydrogen-bond donors (Lipinski definition) is 0. The standard InChI is InChI=1S/C12H10.C8H14/c1-3-7-11(8-4-1)12-9-5-2-6-10-12;1-2-4-6-8-7-5-3-1/h1-10H;1-2H,3-8H2. The summed E-state index contributed by atoms with van der Waals surface area (Å²) in [7, 11) is 0. The molecule has 0 aromatic heterocycles. The van der Waals surface area contributed by atoms with Crippen LogP contribution >= 0.6 is 0 Å². The Hall–Kier alpha value is -1.82. The van der Waals surface area contributed by atoms with Crippen LogP contribution in [-0.4, -0.2) is 0 Å². The number of rotatable bonds is 1. The SMILES string of the molecule is C1=CCCCCCC1.c1ccc(-c2ccccc2)cc1. The van der Waals surface area contributed by atoms with Gasteiger partial charge in [0.2, 0.25) is 0 Å². The Bertz CT molecular complexity index is 434. The highest BCUT2D eigenvalue weighted by atomic mass is 14.0. The quantitative estimate of drug-likeness (QED) is 0.534. The van der Waals surface area contributed by atoms with E-state index >= 15 is 0 Å². The first-order valence-electron chi connectivity index (χ1n) is 7.72. The van der Waals surface area contributed by atoms with E-state index in [0.717, 1.165) is 0 Å². The highest BCUT2D eigenvalue weighted by molar-refractivity contribution is 5.62. The summed E-state index contributed by atoms with van der Waals surface area (Å²) in [5.74, 6) is 0. The maximum atomic E-state index is 2.32. The highest BCUT2D eigenvalue weighted by Gasteiger charge is 1.92. The fraction of sp³-hybridized carbons (Fsp3) is 0.300. The molecule has 0 spiro atoms. The van der Waals surface area contributed by atoms with Gasteiger partial charge in [-0.1, -0.05) is 85.7 Å². The first-order chi connectivity index (χ1) is 9.97. The zero-order valence-corrected chi connectivity index (χ0v) is 12.2. The second-order valence-corrected chi connectivity index (χ2v) is 5.20. The van der Waals surface area contributed by atoms with Gasteiger partial charge in [-0.15, -0.1) is 0 Å². The van der Waals surface area contributed by atoms with E-state index in [9.17, 15) is 0 Å². The first kappa shape index (κ1) is 14.6. The van der Waals surface area contributed by atoms with Crippen LogP contribution in [0, 0.1) is 0 Å². The molecule has 0 radical (unpaired) electrons. The maximum absolute atomic E-state index is 2.32. The van der Waals surface area contributed by atoms with Gasteiger partial charge in [0.1, 0.15) is 0 Å². The maximum Gasteiger partial charge on any atom is -0.0184 e. The topological polar surface area (TPSA) is 0 Å². The normalized spacial score (nSPS) is 14.6. The molecule has 104 valence electrons. The van der Waals surface area contributed by atoms with Crippen LogP contribution in [0.5, 0.6) is 0 Å². The van der Waals surface area contributed by atoms with Gasteiger partial charge in [0.15, 0.2) is 0 Å². The van der Waals surface area contributed by atoms with Crippen LogP contribution in [0.3, 0.4) is 0 Å².